The molecule has 0 bridgehead atoms. The number of hydrogen-bond acceptors (Lipinski definition) is 11. The van der Waals surface area contributed by atoms with Gasteiger partial charge in [0.2, 0.25) is 5.91 Å². The molecule has 8 N–H and O–H groups in total. The fourth-order valence-electron chi connectivity index (χ4n) is 5.51. The maximum absolute atomic E-state index is 12.7. The highest BCUT2D eigenvalue weighted by molar-refractivity contribution is 8.00. The molecular formula is C25H37N8O7S2+. The van der Waals surface area contributed by atoms with Crippen LogP contribution < -0.4 is 21.7 Å². The fourth-order valence-corrected chi connectivity index (χ4v) is 8.71. The number of ether oxygens (including phenoxy) is 1. The quantitative estimate of drug-likeness (QED) is 0.0822. The number of thioether (sulfide) groups is 1. The van der Waals surface area contributed by atoms with Gasteiger partial charge in [-0.25, -0.2) is 19.7 Å². The van der Waals surface area contributed by atoms with Gasteiger partial charge in [-0.05, 0) is 23.7 Å². The molecule has 3 saturated heterocycles. The zero-order valence-electron chi connectivity index (χ0n) is 23.1. The highest BCUT2D eigenvalue weighted by Gasteiger charge is 2.47. The molecule has 17 heteroatoms. The van der Waals surface area contributed by atoms with Crippen molar-refractivity contribution in [3.63, 3.8) is 0 Å². The molecule has 230 valence electrons. The first-order chi connectivity index (χ1) is 20.1. The van der Waals surface area contributed by atoms with E-state index in [4.69, 9.17) is 15.6 Å². The first-order valence-corrected chi connectivity index (χ1v) is 16.9. The van der Waals surface area contributed by atoms with Crippen LogP contribution in [-0.2, 0) is 25.2 Å². The second-order valence-electron chi connectivity index (χ2n) is 10.9. The molecule has 2 aromatic rings. The van der Waals surface area contributed by atoms with Crippen molar-refractivity contribution < 1.29 is 34.4 Å². The van der Waals surface area contributed by atoms with Gasteiger partial charge in [0.15, 0.2) is 23.2 Å². The van der Waals surface area contributed by atoms with Crippen molar-refractivity contribution in [3.05, 3.63) is 12.7 Å². The van der Waals surface area contributed by atoms with Gasteiger partial charge in [0, 0.05) is 23.8 Å². The highest BCUT2D eigenvalue weighted by Crippen LogP contribution is 2.34. The third-order valence-corrected chi connectivity index (χ3v) is 11.2. The SMILES string of the molecule is C[S+](CC[C@H](N)C(=O)O)C[C@H]1O[C@@H](n2cnc3c(NC(=O)CCCC[C@H]4SCC5NC(=O)NC54)ncnc32)[C@H](O)[C@@H]1O. The Hall–Kier alpha value is -2.70. The van der Waals surface area contributed by atoms with Crippen LogP contribution in [0.5, 0.6) is 0 Å². The Labute approximate surface area is 249 Å². The summed E-state index contributed by atoms with van der Waals surface area (Å²) in [5.41, 5.74) is 6.26. The number of carboxylic acids is 1. The Bertz CT molecular complexity index is 1300. The predicted molar refractivity (Wildman–Crippen MR) is 157 cm³/mol. The van der Waals surface area contributed by atoms with E-state index >= 15 is 0 Å². The van der Waals surface area contributed by atoms with Crippen LogP contribution in [-0.4, -0.2) is 118 Å². The van der Waals surface area contributed by atoms with Crippen LogP contribution in [0.2, 0.25) is 0 Å². The van der Waals surface area contributed by atoms with Gasteiger partial charge in [0.05, 0.1) is 24.7 Å². The molecule has 0 saturated carbocycles. The Morgan fingerprint density at radius 3 is 2.86 bits per heavy atom. The second-order valence-corrected chi connectivity index (χ2v) is 14.5. The number of imidazole rings is 1. The lowest BCUT2D eigenvalue weighted by Crippen LogP contribution is -2.37. The summed E-state index contributed by atoms with van der Waals surface area (Å²) in [7, 11) is -0.297. The lowest BCUT2D eigenvalue weighted by Gasteiger charge is -2.16. The Balaban J connectivity index is 1.14. The van der Waals surface area contributed by atoms with Crippen molar-refractivity contribution >= 4 is 57.5 Å². The van der Waals surface area contributed by atoms with Crippen molar-refractivity contribution in [2.75, 3.05) is 28.8 Å². The van der Waals surface area contributed by atoms with Crippen LogP contribution in [0.4, 0.5) is 10.6 Å². The van der Waals surface area contributed by atoms with E-state index in [0.29, 0.717) is 47.2 Å². The molecule has 3 aliphatic heterocycles. The largest absolute Gasteiger partial charge is 0.480 e. The number of nitrogens with zero attached hydrogens (tertiary/aromatic N) is 4. The molecule has 0 aliphatic carbocycles. The molecule has 0 aromatic carbocycles. The molecule has 3 unspecified atom stereocenters. The van der Waals surface area contributed by atoms with E-state index in [9.17, 15) is 24.6 Å². The van der Waals surface area contributed by atoms with Gasteiger partial charge in [-0.2, -0.15) is 11.8 Å². The van der Waals surface area contributed by atoms with Crippen LogP contribution in [0, 0.1) is 0 Å². The molecule has 3 aliphatic rings. The summed E-state index contributed by atoms with van der Waals surface area (Å²) in [4.78, 5) is 48.0. The molecule has 5 rings (SSSR count). The number of nitrogens with two attached hydrogens (primary N) is 1. The minimum Gasteiger partial charge on any atom is -0.480 e. The van der Waals surface area contributed by atoms with Crippen molar-refractivity contribution in [3.8, 4) is 0 Å². The number of aliphatic hydroxyl groups is 2. The van der Waals surface area contributed by atoms with Crippen molar-refractivity contribution in [2.45, 2.75) is 80.0 Å². The summed E-state index contributed by atoms with van der Waals surface area (Å²) in [5.74, 6) is 0.864. The number of carbonyl (C=O) groups excluding carboxylic acids is 2. The first kappa shape index (κ1) is 30.7. The maximum Gasteiger partial charge on any atom is 0.320 e. The second kappa shape index (κ2) is 13.3. The van der Waals surface area contributed by atoms with Crippen LogP contribution in [0.25, 0.3) is 11.2 Å². The van der Waals surface area contributed by atoms with E-state index in [1.165, 1.54) is 17.2 Å². The lowest BCUT2D eigenvalue weighted by molar-refractivity contribution is -0.138. The van der Waals surface area contributed by atoms with E-state index in [1.807, 2.05) is 18.0 Å². The van der Waals surface area contributed by atoms with Crippen LogP contribution >= 0.6 is 11.8 Å². The summed E-state index contributed by atoms with van der Waals surface area (Å²) < 4.78 is 7.54. The van der Waals surface area contributed by atoms with Gasteiger partial charge in [-0.15, -0.1) is 0 Å². The van der Waals surface area contributed by atoms with Crippen molar-refractivity contribution in [1.82, 2.24) is 30.2 Å². The van der Waals surface area contributed by atoms with E-state index in [1.54, 1.807) is 0 Å². The minimum absolute atomic E-state index is 0.108. The topological polar surface area (TPSA) is 227 Å². The van der Waals surface area contributed by atoms with Gasteiger partial charge in [-0.1, -0.05) is 6.42 Å². The monoisotopic (exact) mass is 625 g/mol. The van der Waals surface area contributed by atoms with Gasteiger partial charge in [0.25, 0.3) is 0 Å². The molecule has 0 radical (unpaired) electrons. The molecule has 3 amide bonds. The number of rotatable bonds is 13. The third kappa shape index (κ3) is 6.75. The van der Waals surface area contributed by atoms with Crippen LogP contribution in [0.15, 0.2) is 12.7 Å². The number of carbonyl (C=O) groups is 3. The van der Waals surface area contributed by atoms with Gasteiger partial charge in [-0.3, -0.25) is 14.2 Å². The minimum atomic E-state index is -1.25. The van der Waals surface area contributed by atoms with E-state index < -0.39 is 36.6 Å². The summed E-state index contributed by atoms with van der Waals surface area (Å²) in [5, 5.41) is 39.5. The highest BCUT2D eigenvalue weighted by atomic mass is 32.2. The average molecular weight is 626 g/mol. The fraction of sp³-hybridized carbons (Fsp3) is 0.680. The first-order valence-electron chi connectivity index (χ1n) is 13.9. The average Bonchev–Trinajstić information content (AvgIpc) is 3.70. The zero-order valence-corrected chi connectivity index (χ0v) is 24.7. The number of anilines is 1. The number of carboxylic acid groups (broad SMARTS) is 1. The number of urea groups is 1. The molecule has 3 fully saturated rings. The standard InChI is InChI=1S/C25H36N8O7S2/c1-42(7-6-12(26)24(37)38)9-14-19(35)20(36)23(40-14)33-11-29-18-21(27-10-28-22(18)33)31-16(34)5-3-2-4-15-17-13(8-41-15)30-25(39)32-17/h10-15,17,19-20,23,35-36H,2-9,26H2,1H3,(H3-,27,28,30,31,32,34,37,38,39)/p+1/t12-,13?,14+,15+,17?,19+,20+,23+,42?/m0/s1. The van der Waals surface area contributed by atoms with Crippen molar-refractivity contribution in [2.24, 2.45) is 5.73 Å². The maximum atomic E-state index is 12.7. The number of aliphatic carboxylic acids is 1. The number of amides is 3. The number of fused-ring (bicyclic) bond motifs is 2. The summed E-state index contributed by atoms with van der Waals surface area (Å²) in [6.07, 6.45) is 3.67. The Morgan fingerprint density at radius 1 is 1.26 bits per heavy atom. The van der Waals surface area contributed by atoms with Crippen molar-refractivity contribution in [1.29, 1.82) is 0 Å². The Kier molecular flexibility index (Phi) is 9.74. The molecular weight excluding hydrogens is 588 g/mol. The summed E-state index contributed by atoms with van der Waals surface area (Å²) in [6.45, 7) is 0. The molecule has 2 aromatic heterocycles. The number of nitrogens with one attached hydrogen (secondary N) is 3. The zero-order chi connectivity index (χ0) is 30.0. The summed E-state index contributed by atoms with van der Waals surface area (Å²) in [6, 6.07) is -0.729. The number of hydrogen-bond donors (Lipinski definition) is 7. The number of aromatic nitrogens is 4. The third-order valence-electron chi connectivity index (χ3n) is 7.85. The number of aliphatic hydroxyl groups excluding tert-OH is 2. The van der Waals surface area contributed by atoms with Crippen LogP contribution in [0.3, 0.4) is 0 Å². The van der Waals surface area contributed by atoms with E-state index in [0.717, 1.165) is 18.6 Å². The molecule has 9 atom stereocenters. The van der Waals surface area contributed by atoms with E-state index in [2.05, 4.69) is 30.9 Å². The number of unbranched alkanes of at least 4 members (excludes halogenated alkanes) is 1. The Morgan fingerprint density at radius 2 is 2.07 bits per heavy atom. The smallest absolute Gasteiger partial charge is 0.320 e. The van der Waals surface area contributed by atoms with Gasteiger partial charge < -0.3 is 41.7 Å². The van der Waals surface area contributed by atoms with Gasteiger partial charge >= 0.3 is 12.0 Å². The normalized spacial score (nSPS) is 30.1. The lowest BCUT2D eigenvalue weighted by atomic mass is 10.0. The molecule has 5 heterocycles. The molecule has 0 spiro atoms. The molecule has 15 nitrogen and oxygen atoms in total. The van der Waals surface area contributed by atoms with E-state index in [-0.39, 0.29) is 40.7 Å². The summed E-state index contributed by atoms with van der Waals surface area (Å²) >= 11 is 1.85. The predicted octanol–water partition coefficient (Wildman–Crippen LogP) is -0.840. The van der Waals surface area contributed by atoms with Crippen LogP contribution in [0.1, 0.15) is 38.3 Å². The molecule has 42 heavy (non-hydrogen) atoms. The van der Waals surface area contributed by atoms with Gasteiger partial charge in [0.1, 0.15) is 42.2 Å².